The second kappa shape index (κ2) is 10.3. The molecular formula is C19H23IN4OS. The van der Waals surface area contributed by atoms with Gasteiger partial charge in [0.05, 0.1) is 12.7 Å². The Morgan fingerprint density at radius 1 is 1.19 bits per heavy atom. The number of thiophene rings is 1. The molecule has 5 nitrogen and oxygen atoms in total. The predicted octanol–water partition coefficient (Wildman–Crippen LogP) is 4.24. The first-order chi connectivity index (χ1) is 12.2. The molecule has 0 aliphatic heterocycles. The molecule has 0 aliphatic carbocycles. The number of nitrogens with one attached hydrogen (secondary N) is 2. The van der Waals surface area contributed by atoms with E-state index in [9.17, 15) is 0 Å². The molecule has 7 heteroatoms. The maximum Gasteiger partial charge on any atom is 0.214 e. The van der Waals surface area contributed by atoms with E-state index in [1.165, 1.54) is 10.4 Å². The summed E-state index contributed by atoms with van der Waals surface area (Å²) >= 11 is 1.77. The van der Waals surface area contributed by atoms with Gasteiger partial charge in [0.1, 0.15) is 0 Å². The first-order valence-electron chi connectivity index (χ1n) is 8.23. The van der Waals surface area contributed by atoms with Crippen molar-refractivity contribution in [2.75, 3.05) is 13.6 Å². The van der Waals surface area contributed by atoms with Gasteiger partial charge in [-0.05, 0) is 24.8 Å². The second-order valence-corrected chi connectivity index (χ2v) is 6.70. The van der Waals surface area contributed by atoms with E-state index < -0.39 is 0 Å². The van der Waals surface area contributed by atoms with Crippen molar-refractivity contribution in [3.63, 3.8) is 0 Å². The van der Waals surface area contributed by atoms with Crippen molar-refractivity contribution in [1.29, 1.82) is 0 Å². The second-order valence-electron chi connectivity index (χ2n) is 5.67. The van der Waals surface area contributed by atoms with E-state index in [-0.39, 0.29) is 24.0 Å². The minimum atomic E-state index is 0. The first-order valence-corrected chi connectivity index (χ1v) is 9.11. The number of rotatable bonds is 6. The van der Waals surface area contributed by atoms with Gasteiger partial charge in [0.15, 0.2) is 11.7 Å². The molecule has 0 fully saturated rings. The van der Waals surface area contributed by atoms with Crippen molar-refractivity contribution >= 4 is 41.3 Å². The van der Waals surface area contributed by atoms with Crippen molar-refractivity contribution in [1.82, 2.24) is 15.6 Å². The summed E-state index contributed by atoms with van der Waals surface area (Å²) in [5.74, 6) is 2.15. The van der Waals surface area contributed by atoms with Crippen LogP contribution in [0.1, 0.15) is 16.3 Å². The number of benzene rings is 1. The van der Waals surface area contributed by atoms with Gasteiger partial charge in [-0.3, -0.25) is 4.99 Å². The molecule has 3 aromatic rings. The highest BCUT2D eigenvalue weighted by atomic mass is 127. The maximum atomic E-state index is 5.81. The SMILES string of the molecule is CN=C(NCCc1cccs1)NCc1ncc(-c2ccc(C)cc2)o1.I. The number of nitrogens with zero attached hydrogens (tertiary/aromatic N) is 2. The quantitative estimate of drug-likeness (QED) is 0.314. The molecule has 138 valence electrons. The van der Waals surface area contributed by atoms with Crippen molar-refractivity contribution in [2.24, 2.45) is 4.99 Å². The van der Waals surface area contributed by atoms with Gasteiger partial charge < -0.3 is 15.1 Å². The molecule has 26 heavy (non-hydrogen) atoms. The van der Waals surface area contributed by atoms with E-state index in [0.29, 0.717) is 12.4 Å². The monoisotopic (exact) mass is 482 g/mol. The predicted molar refractivity (Wildman–Crippen MR) is 118 cm³/mol. The van der Waals surface area contributed by atoms with Gasteiger partial charge in [-0.15, -0.1) is 35.3 Å². The zero-order valence-electron chi connectivity index (χ0n) is 14.9. The maximum absolute atomic E-state index is 5.81. The summed E-state index contributed by atoms with van der Waals surface area (Å²) in [6.45, 7) is 3.39. The summed E-state index contributed by atoms with van der Waals surface area (Å²) in [4.78, 5) is 9.92. The molecular weight excluding hydrogens is 459 g/mol. The van der Waals surface area contributed by atoms with Gasteiger partial charge >= 0.3 is 0 Å². The Balaban J connectivity index is 0.00000243. The lowest BCUT2D eigenvalue weighted by Crippen LogP contribution is -2.37. The van der Waals surface area contributed by atoms with Crippen LogP contribution in [0.3, 0.4) is 0 Å². The van der Waals surface area contributed by atoms with Crippen molar-refractivity contribution in [3.8, 4) is 11.3 Å². The molecule has 0 saturated carbocycles. The van der Waals surface area contributed by atoms with Crippen LogP contribution in [0.4, 0.5) is 0 Å². The molecule has 0 atom stereocenters. The van der Waals surface area contributed by atoms with E-state index in [1.54, 1.807) is 24.6 Å². The lowest BCUT2D eigenvalue weighted by atomic mass is 10.1. The molecule has 0 aliphatic rings. The number of aromatic nitrogens is 1. The van der Waals surface area contributed by atoms with Gasteiger partial charge in [0.25, 0.3) is 0 Å². The Hall–Kier alpha value is -1.87. The number of guanidine groups is 1. The summed E-state index contributed by atoms with van der Waals surface area (Å²) in [6, 6.07) is 12.4. The van der Waals surface area contributed by atoms with Crippen LogP contribution in [0.5, 0.6) is 0 Å². The van der Waals surface area contributed by atoms with Crippen molar-refractivity contribution in [3.05, 3.63) is 64.3 Å². The highest BCUT2D eigenvalue weighted by Gasteiger charge is 2.07. The number of hydrogen-bond donors (Lipinski definition) is 2. The van der Waals surface area contributed by atoms with Crippen LogP contribution in [-0.4, -0.2) is 24.5 Å². The van der Waals surface area contributed by atoms with Crippen LogP contribution in [0.25, 0.3) is 11.3 Å². The minimum absolute atomic E-state index is 0. The Kier molecular flexibility index (Phi) is 8.11. The van der Waals surface area contributed by atoms with Crippen LogP contribution < -0.4 is 10.6 Å². The van der Waals surface area contributed by atoms with E-state index in [1.807, 2.05) is 12.1 Å². The number of hydrogen-bond acceptors (Lipinski definition) is 4. The molecule has 0 unspecified atom stereocenters. The van der Waals surface area contributed by atoms with Crippen LogP contribution in [0.2, 0.25) is 0 Å². The molecule has 0 saturated heterocycles. The number of aliphatic imine (C=N–C) groups is 1. The zero-order valence-corrected chi connectivity index (χ0v) is 18.0. The van der Waals surface area contributed by atoms with Gasteiger partial charge in [-0.1, -0.05) is 35.9 Å². The minimum Gasteiger partial charge on any atom is -0.439 e. The average Bonchev–Trinajstić information content (AvgIpc) is 3.30. The van der Waals surface area contributed by atoms with Crippen LogP contribution in [0, 0.1) is 6.92 Å². The standard InChI is InChI=1S/C19H22N4OS.HI/c1-14-5-7-15(8-6-14)17-12-22-18(24-17)13-23-19(20-2)21-10-9-16-4-3-11-25-16;/h3-8,11-12H,9-10,13H2,1-2H3,(H2,20,21,23);1H. The highest BCUT2D eigenvalue weighted by Crippen LogP contribution is 2.20. The molecule has 2 heterocycles. The fourth-order valence-corrected chi connectivity index (χ4v) is 3.09. The van der Waals surface area contributed by atoms with Crippen LogP contribution in [0.15, 0.2) is 57.4 Å². The summed E-state index contributed by atoms with van der Waals surface area (Å²) in [5.41, 5.74) is 2.25. The van der Waals surface area contributed by atoms with Crippen molar-refractivity contribution in [2.45, 2.75) is 19.9 Å². The van der Waals surface area contributed by atoms with Crippen molar-refractivity contribution < 1.29 is 4.42 Å². The fourth-order valence-electron chi connectivity index (χ4n) is 2.38. The van der Waals surface area contributed by atoms with E-state index in [4.69, 9.17) is 4.42 Å². The molecule has 0 radical (unpaired) electrons. The van der Waals surface area contributed by atoms with Gasteiger partial charge in [0.2, 0.25) is 5.89 Å². The Labute approximate surface area is 175 Å². The number of aryl methyl sites for hydroxylation is 1. The Morgan fingerprint density at radius 3 is 2.69 bits per heavy atom. The molecule has 1 aromatic carbocycles. The normalized spacial score (nSPS) is 11.1. The third-order valence-corrected chi connectivity index (χ3v) is 4.70. The first kappa shape index (κ1) is 20.4. The van der Waals surface area contributed by atoms with Gasteiger partial charge in [-0.2, -0.15) is 0 Å². The molecule has 0 bridgehead atoms. The Morgan fingerprint density at radius 2 is 2.00 bits per heavy atom. The van der Waals surface area contributed by atoms with Gasteiger partial charge in [-0.25, -0.2) is 4.98 Å². The third-order valence-electron chi connectivity index (χ3n) is 3.76. The Bertz CT molecular complexity index is 812. The van der Waals surface area contributed by atoms with E-state index in [2.05, 4.69) is 57.2 Å². The third kappa shape index (κ3) is 5.84. The molecule has 0 amide bonds. The largest absolute Gasteiger partial charge is 0.439 e. The molecule has 3 rings (SSSR count). The van der Waals surface area contributed by atoms with Gasteiger partial charge in [0, 0.05) is 24.0 Å². The van der Waals surface area contributed by atoms with Crippen LogP contribution >= 0.6 is 35.3 Å². The zero-order chi connectivity index (χ0) is 17.5. The van der Waals surface area contributed by atoms with E-state index in [0.717, 1.165) is 30.2 Å². The smallest absolute Gasteiger partial charge is 0.214 e. The highest BCUT2D eigenvalue weighted by molar-refractivity contribution is 14.0. The summed E-state index contributed by atoms with van der Waals surface area (Å²) in [6.07, 6.45) is 2.74. The topological polar surface area (TPSA) is 62.5 Å². The number of halogens is 1. The molecule has 2 aromatic heterocycles. The van der Waals surface area contributed by atoms with E-state index >= 15 is 0 Å². The number of oxazole rings is 1. The fraction of sp³-hybridized carbons (Fsp3) is 0.263. The molecule has 0 spiro atoms. The lowest BCUT2D eigenvalue weighted by molar-refractivity contribution is 0.497. The summed E-state index contributed by atoms with van der Waals surface area (Å²) in [5, 5.41) is 8.62. The lowest BCUT2D eigenvalue weighted by Gasteiger charge is -2.09. The summed E-state index contributed by atoms with van der Waals surface area (Å²) < 4.78 is 5.81. The molecule has 2 N–H and O–H groups in total. The summed E-state index contributed by atoms with van der Waals surface area (Å²) in [7, 11) is 1.76. The average molecular weight is 482 g/mol. The van der Waals surface area contributed by atoms with Crippen LogP contribution in [-0.2, 0) is 13.0 Å².